The van der Waals surface area contributed by atoms with Crippen LogP contribution in [0.25, 0.3) is 11.0 Å². The van der Waals surface area contributed by atoms with Crippen LogP contribution in [0.4, 0.5) is 10.1 Å². The number of aromatic carboxylic acids is 1. The summed E-state index contributed by atoms with van der Waals surface area (Å²) in [6.07, 6.45) is 3.14. The van der Waals surface area contributed by atoms with Crippen LogP contribution in [0.1, 0.15) is 36.2 Å². The maximum Gasteiger partial charge on any atom is 0.345 e. The van der Waals surface area contributed by atoms with Crippen LogP contribution in [0.2, 0.25) is 0 Å². The second-order valence-corrected chi connectivity index (χ2v) is 8.43. The zero-order valence-electron chi connectivity index (χ0n) is 17.3. The lowest BCUT2D eigenvalue weighted by molar-refractivity contribution is 0.0702. The van der Waals surface area contributed by atoms with Gasteiger partial charge in [-0.2, -0.15) is 0 Å². The number of aromatic nitrogens is 3. The van der Waals surface area contributed by atoms with Crippen LogP contribution in [-0.4, -0.2) is 31.5 Å². The molecule has 3 N–H and O–H groups in total. The molecule has 10 heteroatoms. The van der Waals surface area contributed by atoms with E-state index in [1.54, 1.807) is 42.8 Å². The number of thiophene rings is 1. The number of carboxylic acid groups (broad SMARTS) is 1. The minimum absolute atomic E-state index is 0.230. The number of rotatable bonds is 7. The molecule has 3 heterocycles. The summed E-state index contributed by atoms with van der Waals surface area (Å²) >= 11 is 1.20. The van der Waals surface area contributed by atoms with Crippen molar-refractivity contribution in [2.24, 2.45) is 7.05 Å². The number of aryl methyl sites for hydroxylation is 2. The highest BCUT2D eigenvalue weighted by atomic mass is 32.1. The highest BCUT2D eigenvalue weighted by Crippen LogP contribution is 2.26. The van der Waals surface area contributed by atoms with Gasteiger partial charge in [0.1, 0.15) is 28.1 Å². The molecule has 1 amide bonds. The van der Waals surface area contributed by atoms with Gasteiger partial charge in [0.15, 0.2) is 5.69 Å². The molecule has 0 aliphatic heterocycles. The van der Waals surface area contributed by atoms with E-state index < -0.39 is 5.97 Å². The van der Waals surface area contributed by atoms with E-state index >= 15 is 0 Å². The number of hydrogen-bond acceptors (Lipinski definition) is 6. The van der Waals surface area contributed by atoms with Gasteiger partial charge in [-0.25, -0.2) is 19.2 Å². The third-order valence-corrected chi connectivity index (χ3v) is 6.04. The molecular formula is C22H20FN5O3S. The average Bonchev–Trinajstić information content (AvgIpc) is 3.38. The maximum atomic E-state index is 13.5. The number of carbonyl (C=O) groups excluding carboxylic acids is 1. The largest absolute Gasteiger partial charge is 0.477 e. The summed E-state index contributed by atoms with van der Waals surface area (Å²) in [6.45, 7) is 2.34. The van der Waals surface area contributed by atoms with Crippen LogP contribution >= 0.6 is 11.3 Å². The van der Waals surface area contributed by atoms with Crippen molar-refractivity contribution < 1.29 is 19.1 Å². The van der Waals surface area contributed by atoms with Gasteiger partial charge in [-0.05, 0) is 36.2 Å². The molecule has 4 aromatic rings. The first kappa shape index (κ1) is 21.4. The Labute approximate surface area is 186 Å². The fourth-order valence-electron chi connectivity index (χ4n) is 3.38. The number of hydrogen-bond donors (Lipinski definition) is 3. The van der Waals surface area contributed by atoms with Crippen LogP contribution in [0.5, 0.6) is 0 Å². The first-order chi connectivity index (χ1) is 15.3. The fourth-order valence-corrected chi connectivity index (χ4v) is 4.16. The van der Waals surface area contributed by atoms with E-state index in [1.807, 2.05) is 6.20 Å². The number of nitrogens with one attached hydrogen (secondary N) is 2. The number of benzene rings is 1. The number of carbonyl (C=O) groups is 2. The summed E-state index contributed by atoms with van der Waals surface area (Å²) < 4.78 is 15.2. The molecule has 164 valence electrons. The van der Waals surface area contributed by atoms with Gasteiger partial charge in [-0.1, -0.05) is 12.1 Å². The van der Waals surface area contributed by atoms with Crippen molar-refractivity contribution in [3.8, 4) is 0 Å². The molecule has 8 nitrogen and oxygen atoms in total. The van der Waals surface area contributed by atoms with Crippen molar-refractivity contribution >= 4 is 39.9 Å². The molecule has 0 unspecified atom stereocenters. The number of anilines is 1. The highest BCUT2D eigenvalue weighted by Gasteiger charge is 2.18. The molecule has 0 aliphatic rings. The quantitative estimate of drug-likeness (QED) is 0.394. The van der Waals surface area contributed by atoms with E-state index in [0.29, 0.717) is 28.8 Å². The number of nitrogens with zero attached hydrogens (tertiary/aromatic N) is 3. The summed E-state index contributed by atoms with van der Waals surface area (Å²) in [4.78, 5) is 33.5. The van der Waals surface area contributed by atoms with E-state index in [-0.39, 0.29) is 28.8 Å². The number of amides is 1. The standard InChI is InChI=1S/C22H20FN5O3S/c1-12-7-13(3-5-15(12)23)8-25-21(29)19-20-18(26-11-27-19)16(10-28(20)2)24-9-14-4-6-17(32-14)22(30)31/h3-7,10-11,24H,8-9H2,1-2H3,(H,25,29)(H,30,31). The Hall–Kier alpha value is -3.79. The molecule has 0 aliphatic carbocycles. The van der Waals surface area contributed by atoms with Gasteiger partial charge in [0.25, 0.3) is 5.91 Å². The molecule has 1 aromatic carbocycles. The lowest BCUT2D eigenvalue weighted by Gasteiger charge is -2.08. The predicted molar refractivity (Wildman–Crippen MR) is 119 cm³/mol. The molecular weight excluding hydrogens is 433 g/mol. The van der Waals surface area contributed by atoms with Crippen LogP contribution < -0.4 is 10.6 Å². The predicted octanol–water partition coefficient (Wildman–Crippen LogP) is 3.72. The molecule has 0 saturated carbocycles. The van der Waals surface area contributed by atoms with Crippen molar-refractivity contribution in [1.29, 1.82) is 0 Å². The van der Waals surface area contributed by atoms with Crippen molar-refractivity contribution in [2.75, 3.05) is 5.32 Å². The molecule has 32 heavy (non-hydrogen) atoms. The molecule has 0 fully saturated rings. The fraction of sp³-hybridized carbons (Fsp3) is 0.182. The third-order valence-electron chi connectivity index (χ3n) is 4.97. The molecule has 3 aromatic heterocycles. The Kier molecular flexibility index (Phi) is 5.87. The summed E-state index contributed by atoms with van der Waals surface area (Å²) in [7, 11) is 1.80. The van der Waals surface area contributed by atoms with Gasteiger partial charge >= 0.3 is 5.97 Å². The van der Waals surface area contributed by atoms with Crippen molar-refractivity contribution in [3.63, 3.8) is 0 Å². The first-order valence-corrected chi connectivity index (χ1v) is 10.5. The number of carboxylic acids is 1. The Morgan fingerprint density at radius 3 is 2.72 bits per heavy atom. The Morgan fingerprint density at radius 2 is 2.00 bits per heavy atom. The molecule has 0 atom stereocenters. The lowest BCUT2D eigenvalue weighted by Crippen LogP contribution is -2.24. The molecule has 0 radical (unpaired) electrons. The van der Waals surface area contributed by atoms with E-state index in [1.165, 1.54) is 23.7 Å². The summed E-state index contributed by atoms with van der Waals surface area (Å²) in [5.41, 5.74) is 3.39. The second-order valence-electron chi connectivity index (χ2n) is 7.26. The maximum absolute atomic E-state index is 13.5. The SMILES string of the molecule is Cc1cc(CNC(=O)c2ncnc3c(NCc4ccc(C(=O)O)s4)cn(C)c23)ccc1F. The van der Waals surface area contributed by atoms with E-state index in [2.05, 4.69) is 20.6 Å². The van der Waals surface area contributed by atoms with E-state index in [9.17, 15) is 14.0 Å². The molecule has 4 rings (SSSR count). The van der Waals surface area contributed by atoms with Crippen molar-refractivity contribution in [3.05, 3.63) is 75.2 Å². The van der Waals surface area contributed by atoms with Crippen molar-refractivity contribution in [2.45, 2.75) is 20.0 Å². The lowest BCUT2D eigenvalue weighted by atomic mass is 10.1. The smallest absolute Gasteiger partial charge is 0.345 e. The Bertz CT molecular complexity index is 1330. The van der Waals surface area contributed by atoms with Crippen LogP contribution in [0.15, 0.2) is 42.9 Å². The van der Waals surface area contributed by atoms with Crippen LogP contribution in [-0.2, 0) is 20.1 Å². The summed E-state index contributed by atoms with van der Waals surface area (Å²) in [5, 5.41) is 15.1. The van der Waals surface area contributed by atoms with Crippen LogP contribution in [0.3, 0.4) is 0 Å². The van der Waals surface area contributed by atoms with Gasteiger partial charge in [-0.15, -0.1) is 11.3 Å². The normalized spacial score (nSPS) is 11.0. The Balaban J connectivity index is 1.52. The second kappa shape index (κ2) is 8.75. The monoisotopic (exact) mass is 453 g/mol. The molecule has 0 bridgehead atoms. The number of halogens is 1. The zero-order valence-corrected chi connectivity index (χ0v) is 18.2. The summed E-state index contributed by atoms with van der Waals surface area (Å²) in [6, 6.07) is 8.03. The zero-order chi connectivity index (χ0) is 22.8. The van der Waals surface area contributed by atoms with Crippen molar-refractivity contribution in [1.82, 2.24) is 19.9 Å². The Morgan fingerprint density at radius 1 is 1.19 bits per heavy atom. The summed E-state index contributed by atoms with van der Waals surface area (Å²) in [5.74, 6) is -1.61. The van der Waals surface area contributed by atoms with Gasteiger partial charge in [0.2, 0.25) is 0 Å². The van der Waals surface area contributed by atoms with Crippen LogP contribution in [0, 0.1) is 12.7 Å². The minimum atomic E-state index is -0.953. The van der Waals surface area contributed by atoms with Gasteiger partial charge in [-0.3, -0.25) is 4.79 Å². The highest BCUT2D eigenvalue weighted by molar-refractivity contribution is 7.13. The first-order valence-electron chi connectivity index (χ1n) is 9.72. The number of fused-ring (bicyclic) bond motifs is 1. The van der Waals surface area contributed by atoms with Gasteiger partial charge < -0.3 is 20.3 Å². The average molecular weight is 453 g/mol. The molecule has 0 spiro atoms. The molecule has 0 saturated heterocycles. The minimum Gasteiger partial charge on any atom is -0.477 e. The van der Waals surface area contributed by atoms with Gasteiger partial charge in [0, 0.05) is 31.2 Å². The topological polar surface area (TPSA) is 109 Å². The van der Waals surface area contributed by atoms with E-state index in [4.69, 9.17) is 5.11 Å². The third kappa shape index (κ3) is 4.30. The van der Waals surface area contributed by atoms with Gasteiger partial charge in [0.05, 0.1) is 5.69 Å². The van der Waals surface area contributed by atoms with E-state index in [0.717, 1.165) is 10.4 Å².